The number of carbonyl (C=O) groups excluding carboxylic acids is 3. The molecule has 146 valence electrons. The van der Waals surface area contributed by atoms with Gasteiger partial charge in [0.1, 0.15) is 11.8 Å². The molecule has 2 aromatic rings. The van der Waals surface area contributed by atoms with Gasteiger partial charge < -0.3 is 20.3 Å². The van der Waals surface area contributed by atoms with Gasteiger partial charge in [-0.15, -0.1) is 0 Å². The van der Waals surface area contributed by atoms with Crippen molar-refractivity contribution in [3.8, 4) is 5.75 Å². The van der Waals surface area contributed by atoms with Gasteiger partial charge in [-0.05, 0) is 36.4 Å². The third kappa shape index (κ3) is 4.43. The lowest BCUT2D eigenvalue weighted by Gasteiger charge is -2.35. The topological polar surface area (TPSA) is 87.7 Å². The normalized spacial score (nSPS) is 16.3. The van der Waals surface area contributed by atoms with E-state index in [9.17, 15) is 14.4 Å². The van der Waals surface area contributed by atoms with Crippen LogP contribution in [0.15, 0.2) is 48.5 Å². The molecule has 1 aliphatic rings. The van der Waals surface area contributed by atoms with Crippen LogP contribution in [0.25, 0.3) is 0 Å². The molecule has 0 bridgehead atoms. The zero-order valence-electron chi connectivity index (χ0n) is 15.3. The van der Waals surface area contributed by atoms with Gasteiger partial charge in [0.05, 0.1) is 19.1 Å². The number of anilines is 1. The monoisotopic (exact) mass is 401 g/mol. The summed E-state index contributed by atoms with van der Waals surface area (Å²) >= 11 is 5.84. The standard InChI is InChI=1S/C20H20ClN3O4/c1-28-17-5-3-2-4-15(17)20(27)24-11-10-22-19(26)16(24)12-18(25)23-14-8-6-13(21)7-9-14/h2-9,16H,10-12H2,1H3,(H,22,26)(H,23,25)/t16-/m1/s1. The second kappa shape index (κ2) is 8.75. The molecule has 1 fully saturated rings. The molecule has 2 N–H and O–H groups in total. The zero-order valence-corrected chi connectivity index (χ0v) is 16.0. The zero-order chi connectivity index (χ0) is 20.1. The lowest BCUT2D eigenvalue weighted by atomic mass is 10.1. The molecule has 1 saturated heterocycles. The van der Waals surface area contributed by atoms with Crippen molar-refractivity contribution in [2.24, 2.45) is 0 Å². The number of ether oxygens (including phenoxy) is 1. The molecule has 1 aliphatic heterocycles. The first-order chi connectivity index (χ1) is 13.5. The number of hydrogen-bond donors (Lipinski definition) is 2. The fraction of sp³-hybridized carbons (Fsp3) is 0.250. The van der Waals surface area contributed by atoms with Crippen molar-refractivity contribution in [3.05, 3.63) is 59.1 Å². The summed E-state index contributed by atoms with van der Waals surface area (Å²) < 4.78 is 5.25. The molecule has 0 saturated carbocycles. The number of halogens is 1. The molecule has 3 rings (SSSR count). The van der Waals surface area contributed by atoms with Gasteiger partial charge in [-0.25, -0.2) is 0 Å². The Morgan fingerprint density at radius 3 is 2.64 bits per heavy atom. The van der Waals surface area contributed by atoms with Crippen LogP contribution < -0.4 is 15.4 Å². The van der Waals surface area contributed by atoms with Gasteiger partial charge in [0.2, 0.25) is 11.8 Å². The van der Waals surface area contributed by atoms with E-state index in [0.717, 1.165) is 0 Å². The highest BCUT2D eigenvalue weighted by atomic mass is 35.5. The molecule has 1 atom stereocenters. The van der Waals surface area contributed by atoms with E-state index in [1.807, 2.05) is 0 Å². The van der Waals surface area contributed by atoms with Gasteiger partial charge in [-0.1, -0.05) is 23.7 Å². The number of methoxy groups -OCH3 is 1. The summed E-state index contributed by atoms with van der Waals surface area (Å²) in [7, 11) is 1.48. The highest BCUT2D eigenvalue weighted by Gasteiger charge is 2.35. The van der Waals surface area contributed by atoms with Gasteiger partial charge >= 0.3 is 0 Å². The molecular weight excluding hydrogens is 382 g/mol. The molecule has 28 heavy (non-hydrogen) atoms. The first-order valence-electron chi connectivity index (χ1n) is 8.76. The lowest BCUT2D eigenvalue weighted by Crippen LogP contribution is -2.58. The first-order valence-corrected chi connectivity index (χ1v) is 9.14. The van der Waals surface area contributed by atoms with E-state index in [4.69, 9.17) is 16.3 Å². The first kappa shape index (κ1) is 19.7. The van der Waals surface area contributed by atoms with Crippen LogP contribution in [0.2, 0.25) is 5.02 Å². The average molecular weight is 402 g/mol. The number of piperazine rings is 1. The van der Waals surface area contributed by atoms with Crippen LogP contribution in [-0.4, -0.2) is 48.9 Å². The smallest absolute Gasteiger partial charge is 0.258 e. The van der Waals surface area contributed by atoms with Gasteiger partial charge in [-0.3, -0.25) is 14.4 Å². The summed E-state index contributed by atoms with van der Waals surface area (Å²) in [6.07, 6.45) is -0.157. The molecule has 0 spiro atoms. The van der Waals surface area contributed by atoms with E-state index >= 15 is 0 Å². The Morgan fingerprint density at radius 2 is 1.93 bits per heavy atom. The predicted molar refractivity (Wildman–Crippen MR) is 106 cm³/mol. The van der Waals surface area contributed by atoms with E-state index in [1.54, 1.807) is 48.5 Å². The Hall–Kier alpha value is -3.06. The van der Waals surface area contributed by atoms with Crippen LogP contribution in [0.3, 0.4) is 0 Å². The Balaban J connectivity index is 1.76. The highest BCUT2D eigenvalue weighted by molar-refractivity contribution is 6.30. The third-order valence-electron chi connectivity index (χ3n) is 4.44. The summed E-state index contributed by atoms with van der Waals surface area (Å²) in [5.74, 6) is -0.664. The maximum Gasteiger partial charge on any atom is 0.258 e. The van der Waals surface area contributed by atoms with Crippen molar-refractivity contribution in [2.45, 2.75) is 12.5 Å². The van der Waals surface area contributed by atoms with Crippen LogP contribution in [0.5, 0.6) is 5.75 Å². The van der Waals surface area contributed by atoms with Crippen molar-refractivity contribution in [3.63, 3.8) is 0 Å². The summed E-state index contributed by atoms with van der Waals surface area (Å²) in [5.41, 5.74) is 0.913. The van der Waals surface area contributed by atoms with E-state index in [1.165, 1.54) is 12.0 Å². The lowest BCUT2D eigenvalue weighted by molar-refractivity contribution is -0.131. The molecule has 7 nitrogen and oxygen atoms in total. The number of benzene rings is 2. The molecular formula is C20H20ClN3O4. The number of carbonyl (C=O) groups is 3. The molecule has 0 radical (unpaired) electrons. The Bertz CT molecular complexity index is 885. The van der Waals surface area contributed by atoms with E-state index in [-0.39, 0.29) is 24.1 Å². The Kier molecular flexibility index (Phi) is 6.16. The molecule has 3 amide bonds. The summed E-state index contributed by atoms with van der Waals surface area (Å²) in [5, 5.41) is 5.98. The van der Waals surface area contributed by atoms with Gasteiger partial charge in [0.15, 0.2) is 0 Å². The minimum atomic E-state index is -0.904. The van der Waals surface area contributed by atoms with Gasteiger partial charge in [0, 0.05) is 23.8 Å². The fourth-order valence-corrected chi connectivity index (χ4v) is 3.18. The molecule has 0 aromatic heterocycles. The molecule has 0 unspecified atom stereocenters. The van der Waals surface area contributed by atoms with Crippen molar-refractivity contribution in [1.82, 2.24) is 10.2 Å². The summed E-state index contributed by atoms with van der Waals surface area (Å²) in [4.78, 5) is 39.3. The van der Waals surface area contributed by atoms with E-state index < -0.39 is 6.04 Å². The van der Waals surface area contributed by atoms with Crippen LogP contribution in [0, 0.1) is 0 Å². The van der Waals surface area contributed by atoms with Crippen molar-refractivity contribution < 1.29 is 19.1 Å². The Morgan fingerprint density at radius 1 is 1.21 bits per heavy atom. The van der Waals surface area contributed by atoms with Crippen LogP contribution in [0.4, 0.5) is 5.69 Å². The molecule has 1 heterocycles. The maximum atomic E-state index is 13.0. The largest absolute Gasteiger partial charge is 0.496 e. The van der Waals surface area contributed by atoms with Crippen LogP contribution in [-0.2, 0) is 9.59 Å². The minimum Gasteiger partial charge on any atom is -0.496 e. The van der Waals surface area contributed by atoms with Crippen LogP contribution >= 0.6 is 11.6 Å². The number of nitrogens with zero attached hydrogens (tertiary/aromatic N) is 1. The van der Waals surface area contributed by atoms with Gasteiger partial charge in [0.25, 0.3) is 5.91 Å². The van der Waals surface area contributed by atoms with E-state index in [2.05, 4.69) is 10.6 Å². The highest BCUT2D eigenvalue weighted by Crippen LogP contribution is 2.22. The van der Waals surface area contributed by atoms with Crippen molar-refractivity contribution >= 4 is 35.0 Å². The summed E-state index contributed by atoms with van der Waals surface area (Å²) in [6.45, 7) is 0.635. The third-order valence-corrected chi connectivity index (χ3v) is 4.69. The van der Waals surface area contributed by atoms with Crippen molar-refractivity contribution in [2.75, 3.05) is 25.5 Å². The Labute approximate surface area is 167 Å². The molecule has 2 aromatic carbocycles. The van der Waals surface area contributed by atoms with Crippen LogP contribution in [0.1, 0.15) is 16.8 Å². The fourth-order valence-electron chi connectivity index (χ4n) is 3.06. The second-order valence-electron chi connectivity index (χ2n) is 6.26. The minimum absolute atomic E-state index is 0.157. The van der Waals surface area contributed by atoms with E-state index in [0.29, 0.717) is 35.1 Å². The average Bonchev–Trinajstić information content (AvgIpc) is 2.70. The SMILES string of the molecule is COc1ccccc1C(=O)N1CCNC(=O)[C@H]1CC(=O)Nc1ccc(Cl)cc1. The quantitative estimate of drug-likeness (QED) is 0.804. The predicted octanol–water partition coefficient (Wildman–Crippen LogP) is 2.32. The molecule has 0 aliphatic carbocycles. The molecule has 8 heteroatoms. The second-order valence-corrected chi connectivity index (χ2v) is 6.70. The summed E-state index contributed by atoms with van der Waals surface area (Å²) in [6, 6.07) is 12.5. The number of nitrogens with one attached hydrogen (secondary N) is 2. The van der Waals surface area contributed by atoms with Crippen molar-refractivity contribution in [1.29, 1.82) is 0 Å². The number of rotatable bonds is 5. The maximum absolute atomic E-state index is 13.0. The number of hydrogen-bond acceptors (Lipinski definition) is 4. The number of para-hydroxylation sites is 1. The van der Waals surface area contributed by atoms with Gasteiger partial charge in [-0.2, -0.15) is 0 Å². The number of amides is 3.